The maximum atomic E-state index is 13.6. The number of halogens is 1. The molecule has 0 aliphatic rings. The lowest BCUT2D eigenvalue weighted by atomic mass is 10.1. The summed E-state index contributed by atoms with van der Waals surface area (Å²) in [6.45, 7) is 12.1. The Labute approximate surface area is 127 Å². The number of nitrogens with zero attached hydrogens (tertiary/aromatic N) is 1. The highest BCUT2D eigenvalue weighted by atomic mass is 19.1. The fourth-order valence-corrected chi connectivity index (χ4v) is 2.80. The summed E-state index contributed by atoms with van der Waals surface area (Å²) in [7, 11) is 0. The van der Waals surface area contributed by atoms with Crippen LogP contribution in [-0.4, -0.2) is 4.57 Å². The topological polar surface area (TPSA) is 17.0 Å². The van der Waals surface area contributed by atoms with Gasteiger partial charge < -0.3 is 9.88 Å². The van der Waals surface area contributed by atoms with Gasteiger partial charge in [-0.3, -0.25) is 0 Å². The predicted molar refractivity (Wildman–Crippen MR) is 86.0 cm³/mol. The fraction of sp³-hybridized carbons (Fsp3) is 0.444. The molecule has 0 radical (unpaired) electrons. The third kappa shape index (κ3) is 3.35. The van der Waals surface area contributed by atoms with Crippen LogP contribution in [0.1, 0.15) is 48.0 Å². The number of nitrogens with one attached hydrogen (secondary N) is 1. The fourth-order valence-electron chi connectivity index (χ4n) is 2.80. The van der Waals surface area contributed by atoms with Crippen molar-refractivity contribution in [1.82, 2.24) is 9.88 Å². The Hall–Kier alpha value is -1.61. The molecule has 0 saturated carbocycles. The average molecular weight is 288 g/mol. The van der Waals surface area contributed by atoms with Gasteiger partial charge in [-0.1, -0.05) is 12.1 Å². The number of rotatable bonds is 5. The van der Waals surface area contributed by atoms with Crippen LogP contribution in [0, 0.1) is 26.6 Å². The zero-order chi connectivity index (χ0) is 15.6. The minimum absolute atomic E-state index is 0.129. The van der Waals surface area contributed by atoms with Crippen molar-refractivity contribution >= 4 is 0 Å². The lowest BCUT2D eigenvalue weighted by Crippen LogP contribution is -2.18. The zero-order valence-electron chi connectivity index (χ0n) is 13.6. The van der Waals surface area contributed by atoms with Crippen LogP contribution in [0.25, 0.3) is 0 Å². The van der Waals surface area contributed by atoms with Crippen molar-refractivity contribution in [3.05, 3.63) is 58.2 Å². The van der Waals surface area contributed by atoms with E-state index in [0.717, 1.165) is 18.7 Å². The van der Waals surface area contributed by atoms with Crippen molar-refractivity contribution in [3.63, 3.8) is 0 Å². The molecule has 0 aliphatic heterocycles. The van der Waals surface area contributed by atoms with Crippen LogP contribution in [0.4, 0.5) is 4.39 Å². The van der Waals surface area contributed by atoms with Crippen molar-refractivity contribution in [2.24, 2.45) is 0 Å². The van der Waals surface area contributed by atoms with Gasteiger partial charge in [0.2, 0.25) is 0 Å². The van der Waals surface area contributed by atoms with Crippen LogP contribution < -0.4 is 5.32 Å². The van der Waals surface area contributed by atoms with E-state index >= 15 is 0 Å². The largest absolute Gasteiger partial charge is 0.349 e. The summed E-state index contributed by atoms with van der Waals surface area (Å²) >= 11 is 0. The van der Waals surface area contributed by atoms with Crippen LogP contribution in [0.15, 0.2) is 24.3 Å². The monoisotopic (exact) mass is 288 g/mol. The first-order chi connectivity index (χ1) is 9.93. The molecule has 114 valence electrons. The maximum Gasteiger partial charge on any atom is 0.126 e. The molecule has 2 aromatic rings. The van der Waals surface area contributed by atoms with Crippen LogP contribution >= 0.6 is 0 Å². The van der Waals surface area contributed by atoms with Gasteiger partial charge in [0, 0.05) is 30.5 Å². The molecule has 0 bridgehead atoms. The highest BCUT2D eigenvalue weighted by Crippen LogP contribution is 2.19. The Balaban J connectivity index is 2.07. The standard InChI is InChI=1S/C18H25FN2/c1-6-21-13(3)9-17(15(21)5)11-20-14(4)16-8-7-12(2)18(19)10-16/h7-10,14,20H,6,11H2,1-5H3. The summed E-state index contributed by atoms with van der Waals surface area (Å²) in [5.41, 5.74) is 5.60. The normalized spacial score (nSPS) is 12.7. The quantitative estimate of drug-likeness (QED) is 0.861. The molecule has 0 fully saturated rings. The Bertz CT molecular complexity index is 628. The number of hydrogen-bond donors (Lipinski definition) is 1. The van der Waals surface area contributed by atoms with E-state index in [2.05, 4.69) is 43.6 Å². The minimum Gasteiger partial charge on any atom is -0.349 e. The molecule has 2 rings (SSSR count). The molecule has 3 heteroatoms. The molecule has 0 amide bonds. The first kappa shape index (κ1) is 15.8. The summed E-state index contributed by atoms with van der Waals surface area (Å²) in [4.78, 5) is 0. The van der Waals surface area contributed by atoms with Crippen LogP contribution in [0.2, 0.25) is 0 Å². The molecule has 2 nitrogen and oxygen atoms in total. The molecule has 1 aromatic heterocycles. The molecule has 0 spiro atoms. The van der Waals surface area contributed by atoms with Crippen molar-refractivity contribution in [1.29, 1.82) is 0 Å². The molecule has 1 atom stereocenters. The molecule has 0 saturated heterocycles. The second kappa shape index (κ2) is 6.44. The summed E-state index contributed by atoms with van der Waals surface area (Å²) in [5.74, 6) is -0.134. The molecular formula is C18H25FN2. The summed E-state index contributed by atoms with van der Waals surface area (Å²) in [6, 6.07) is 7.82. The summed E-state index contributed by atoms with van der Waals surface area (Å²) in [5, 5.41) is 3.49. The SMILES string of the molecule is CCn1c(C)cc(CNC(C)c2ccc(C)c(F)c2)c1C. The lowest BCUT2D eigenvalue weighted by Gasteiger charge is -2.15. The van der Waals surface area contributed by atoms with Crippen molar-refractivity contribution in [2.75, 3.05) is 0 Å². The molecule has 1 heterocycles. The van der Waals surface area contributed by atoms with E-state index in [1.54, 1.807) is 13.0 Å². The van der Waals surface area contributed by atoms with E-state index in [-0.39, 0.29) is 11.9 Å². The van der Waals surface area contributed by atoms with Gasteiger partial charge in [-0.25, -0.2) is 4.39 Å². The van der Waals surface area contributed by atoms with Crippen molar-refractivity contribution in [3.8, 4) is 0 Å². The van der Waals surface area contributed by atoms with Crippen molar-refractivity contribution < 1.29 is 4.39 Å². The van der Waals surface area contributed by atoms with E-state index in [1.807, 2.05) is 12.1 Å². The second-order valence-electron chi connectivity index (χ2n) is 5.75. The molecule has 21 heavy (non-hydrogen) atoms. The third-order valence-electron chi connectivity index (χ3n) is 4.29. The number of aryl methyl sites for hydroxylation is 2. The molecular weight excluding hydrogens is 263 g/mol. The number of aromatic nitrogens is 1. The molecule has 1 N–H and O–H groups in total. The Morgan fingerprint density at radius 3 is 2.48 bits per heavy atom. The average Bonchev–Trinajstić information content (AvgIpc) is 2.73. The zero-order valence-corrected chi connectivity index (χ0v) is 13.6. The first-order valence-corrected chi connectivity index (χ1v) is 7.59. The van der Waals surface area contributed by atoms with E-state index in [9.17, 15) is 4.39 Å². The smallest absolute Gasteiger partial charge is 0.126 e. The van der Waals surface area contributed by atoms with Gasteiger partial charge in [0.25, 0.3) is 0 Å². The van der Waals surface area contributed by atoms with Gasteiger partial charge in [-0.05, 0) is 63.4 Å². The number of benzene rings is 1. The van der Waals surface area contributed by atoms with Crippen LogP contribution in [0.5, 0.6) is 0 Å². The van der Waals surface area contributed by atoms with E-state index < -0.39 is 0 Å². The summed E-state index contributed by atoms with van der Waals surface area (Å²) in [6.07, 6.45) is 0. The van der Waals surface area contributed by atoms with E-state index in [4.69, 9.17) is 0 Å². The van der Waals surface area contributed by atoms with Crippen LogP contribution in [-0.2, 0) is 13.1 Å². The Kier molecular flexibility index (Phi) is 4.84. The van der Waals surface area contributed by atoms with Gasteiger partial charge in [-0.2, -0.15) is 0 Å². The third-order valence-corrected chi connectivity index (χ3v) is 4.29. The predicted octanol–water partition coefficient (Wildman–Crippen LogP) is 4.42. The summed E-state index contributed by atoms with van der Waals surface area (Å²) < 4.78 is 16.0. The van der Waals surface area contributed by atoms with Gasteiger partial charge in [0.05, 0.1) is 0 Å². The van der Waals surface area contributed by atoms with E-state index in [1.165, 1.54) is 17.0 Å². The van der Waals surface area contributed by atoms with Crippen molar-refractivity contribution in [2.45, 2.75) is 53.8 Å². The van der Waals surface area contributed by atoms with Crippen LogP contribution in [0.3, 0.4) is 0 Å². The highest BCUT2D eigenvalue weighted by molar-refractivity contribution is 5.28. The van der Waals surface area contributed by atoms with Gasteiger partial charge >= 0.3 is 0 Å². The second-order valence-corrected chi connectivity index (χ2v) is 5.75. The molecule has 0 aliphatic carbocycles. The number of hydrogen-bond acceptors (Lipinski definition) is 1. The molecule has 1 aromatic carbocycles. The lowest BCUT2D eigenvalue weighted by molar-refractivity contribution is 0.561. The first-order valence-electron chi connectivity index (χ1n) is 7.59. The highest BCUT2D eigenvalue weighted by Gasteiger charge is 2.11. The Morgan fingerprint density at radius 1 is 1.19 bits per heavy atom. The van der Waals surface area contributed by atoms with Gasteiger partial charge in [-0.15, -0.1) is 0 Å². The van der Waals surface area contributed by atoms with E-state index in [0.29, 0.717) is 5.56 Å². The molecule has 1 unspecified atom stereocenters. The Morgan fingerprint density at radius 2 is 1.90 bits per heavy atom. The maximum absolute atomic E-state index is 13.6. The van der Waals surface area contributed by atoms with Gasteiger partial charge in [0.1, 0.15) is 5.82 Å². The van der Waals surface area contributed by atoms with Gasteiger partial charge in [0.15, 0.2) is 0 Å². The minimum atomic E-state index is -0.134.